The molecule has 1 aromatic rings. The fourth-order valence-electron chi connectivity index (χ4n) is 9.02. The van der Waals surface area contributed by atoms with Gasteiger partial charge in [-0.1, -0.05) is 36.7 Å². The van der Waals surface area contributed by atoms with E-state index in [1.165, 1.54) is 24.8 Å². The standard InChI is InChI=1S/C34H46N2O6/c1-5-41-32(40)30(18-22-6-9-25(38)10-7-22)35-31(39)20-42-36-24-14-16-33(3)23(19-24)8-11-26-28-13-12-27(21(2)37)34(28,4)17-15-29(26)33/h6-7,9-10,19,26-30,38H,5,8,11-18,20H2,1-4H3,(H,35,39)/b36-24-/t26-,27+,28-,29-,30+,33-,34+/m0/s1. The SMILES string of the molecule is CCOC(=O)[C@@H](Cc1ccc(O)cc1)NC(=O)CO/N=C1\C=C2CC[C@H]3[C@@H]4CC[C@H](C(C)=O)[C@@]4(C)CC[C@@H]3[C@@]2(C)CC1. The van der Waals surface area contributed by atoms with Gasteiger partial charge in [-0.15, -0.1) is 0 Å². The van der Waals surface area contributed by atoms with Crippen molar-refractivity contribution in [3.05, 3.63) is 41.5 Å². The number of phenolic OH excluding ortho intramolecular Hbond substituents is 1. The Hall–Kier alpha value is -3.16. The van der Waals surface area contributed by atoms with Crippen LogP contribution in [0.25, 0.3) is 0 Å². The van der Waals surface area contributed by atoms with Gasteiger partial charge in [0.05, 0.1) is 12.3 Å². The Kier molecular flexibility index (Phi) is 8.81. The number of ether oxygens (including phenoxy) is 1. The van der Waals surface area contributed by atoms with Crippen molar-refractivity contribution in [1.29, 1.82) is 0 Å². The number of Topliss-reactive ketones (excluding diaryl/α,β-unsaturated/α-hetero) is 1. The third-order valence-electron chi connectivity index (χ3n) is 11.1. The molecule has 0 spiro atoms. The smallest absolute Gasteiger partial charge is 0.328 e. The predicted octanol–water partition coefficient (Wildman–Crippen LogP) is 5.52. The van der Waals surface area contributed by atoms with Gasteiger partial charge < -0.3 is 20.0 Å². The largest absolute Gasteiger partial charge is 0.508 e. The fraction of sp³-hybridized carbons (Fsp3) is 0.647. The van der Waals surface area contributed by atoms with Crippen molar-refractivity contribution in [3.8, 4) is 5.75 Å². The van der Waals surface area contributed by atoms with Crippen LogP contribution in [0.5, 0.6) is 5.75 Å². The summed E-state index contributed by atoms with van der Waals surface area (Å²) in [5.74, 6) is 1.74. The minimum Gasteiger partial charge on any atom is -0.508 e. The Bertz CT molecular complexity index is 1250. The molecular weight excluding hydrogens is 532 g/mol. The second kappa shape index (κ2) is 12.2. The number of amides is 1. The monoisotopic (exact) mass is 578 g/mol. The molecule has 2 N–H and O–H groups in total. The first kappa shape index (κ1) is 30.3. The van der Waals surface area contributed by atoms with Crippen LogP contribution in [-0.4, -0.2) is 47.7 Å². The maximum atomic E-state index is 12.7. The molecule has 1 aromatic carbocycles. The summed E-state index contributed by atoms with van der Waals surface area (Å²) in [6, 6.07) is 5.62. The number of hydrogen-bond donors (Lipinski definition) is 2. The highest BCUT2D eigenvalue weighted by atomic mass is 16.6. The molecule has 0 heterocycles. The minimum absolute atomic E-state index is 0.132. The molecule has 0 unspecified atom stereocenters. The maximum Gasteiger partial charge on any atom is 0.328 e. The molecule has 4 aliphatic carbocycles. The van der Waals surface area contributed by atoms with Gasteiger partial charge in [0.1, 0.15) is 17.6 Å². The lowest BCUT2D eigenvalue weighted by Gasteiger charge is -2.58. The number of oxime groups is 1. The van der Waals surface area contributed by atoms with Gasteiger partial charge in [0.2, 0.25) is 0 Å². The summed E-state index contributed by atoms with van der Waals surface area (Å²) in [6.07, 6.45) is 11.0. The zero-order valence-corrected chi connectivity index (χ0v) is 25.5. The number of carbonyl (C=O) groups excluding carboxylic acids is 3. The van der Waals surface area contributed by atoms with E-state index in [1.807, 2.05) is 0 Å². The summed E-state index contributed by atoms with van der Waals surface area (Å²) in [7, 11) is 0. The molecule has 3 saturated carbocycles. The molecule has 8 heteroatoms. The first-order valence-electron chi connectivity index (χ1n) is 15.7. The van der Waals surface area contributed by atoms with Crippen molar-refractivity contribution in [2.75, 3.05) is 13.2 Å². The van der Waals surface area contributed by atoms with Gasteiger partial charge in [0.25, 0.3) is 5.91 Å². The van der Waals surface area contributed by atoms with Crippen molar-refractivity contribution >= 4 is 23.4 Å². The number of hydrogen-bond acceptors (Lipinski definition) is 7. The molecule has 0 bridgehead atoms. The first-order chi connectivity index (χ1) is 20.0. The molecule has 4 aliphatic rings. The summed E-state index contributed by atoms with van der Waals surface area (Å²) in [6.45, 7) is 8.25. The highest BCUT2D eigenvalue weighted by Gasteiger charge is 2.59. The number of phenols is 1. The summed E-state index contributed by atoms with van der Waals surface area (Å²) in [4.78, 5) is 43.1. The normalized spacial score (nSPS) is 33.4. The van der Waals surface area contributed by atoms with Gasteiger partial charge in [-0.3, -0.25) is 9.59 Å². The van der Waals surface area contributed by atoms with Crippen LogP contribution in [0.3, 0.4) is 0 Å². The summed E-state index contributed by atoms with van der Waals surface area (Å²) in [5, 5.41) is 16.6. The van der Waals surface area contributed by atoms with Gasteiger partial charge in [0.15, 0.2) is 6.61 Å². The number of nitrogens with zero attached hydrogens (tertiary/aromatic N) is 1. The molecule has 0 aliphatic heterocycles. The van der Waals surface area contributed by atoms with Crippen LogP contribution >= 0.6 is 0 Å². The van der Waals surface area contributed by atoms with Crippen LogP contribution in [0, 0.1) is 34.5 Å². The Morgan fingerprint density at radius 3 is 2.52 bits per heavy atom. The van der Waals surface area contributed by atoms with Crippen molar-refractivity contribution < 1.29 is 29.1 Å². The molecule has 3 fully saturated rings. The number of carbonyl (C=O) groups is 3. The zero-order valence-electron chi connectivity index (χ0n) is 25.5. The Labute approximate surface area is 249 Å². The topological polar surface area (TPSA) is 114 Å². The van der Waals surface area contributed by atoms with Crippen molar-refractivity contribution in [2.24, 2.45) is 39.7 Å². The number of esters is 1. The number of rotatable bonds is 9. The Morgan fingerprint density at radius 2 is 1.81 bits per heavy atom. The molecule has 5 rings (SSSR count). The van der Waals surface area contributed by atoms with Crippen molar-refractivity contribution in [3.63, 3.8) is 0 Å². The van der Waals surface area contributed by atoms with E-state index in [1.54, 1.807) is 38.1 Å². The fourth-order valence-corrected chi connectivity index (χ4v) is 9.02. The van der Waals surface area contributed by atoms with E-state index in [-0.39, 0.29) is 42.1 Å². The number of fused-ring (bicyclic) bond motifs is 5. The van der Waals surface area contributed by atoms with E-state index in [0.29, 0.717) is 23.5 Å². The lowest BCUT2D eigenvalue weighted by molar-refractivity contribution is -0.147. The summed E-state index contributed by atoms with van der Waals surface area (Å²) in [5.41, 5.74) is 3.40. The van der Waals surface area contributed by atoms with Gasteiger partial charge in [-0.2, -0.15) is 0 Å². The van der Waals surface area contributed by atoms with Crippen LogP contribution < -0.4 is 5.32 Å². The van der Waals surface area contributed by atoms with Crippen LogP contribution in [-0.2, 0) is 30.4 Å². The molecule has 42 heavy (non-hydrogen) atoms. The summed E-state index contributed by atoms with van der Waals surface area (Å²) >= 11 is 0. The van der Waals surface area contributed by atoms with E-state index in [0.717, 1.165) is 43.4 Å². The molecule has 228 valence electrons. The highest BCUT2D eigenvalue weighted by Crippen LogP contribution is 2.66. The molecule has 0 radical (unpaired) electrons. The number of benzene rings is 1. The lowest BCUT2D eigenvalue weighted by Crippen LogP contribution is -2.51. The second-order valence-electron chi connectivity index (χ2n) is 13.4. The highest BCUT2D eigenvalue weighted by molar-refractivity contribution is 5.96. The minimum atomic E-state index is -0.867. The van der Waals surface area contributed by atoms with E-state index in [4.69, 9.17) is 9.57 Å². The number of allylic oxidation sites excluding steroid dienone is 2. The van der Waals surface area contributed by atoms with E-state index in [9.17, 15) is 19.5 Å². The van der Waals surface area contributed by atoms with Crippen molar-refractivity contribution in [1.82, 2.24) is 5.32 Å². The van der Waals surface area contributed by atoms with Gasteiger partial charge in [-0.25, -0.2) is 4.79 Å². The second-order valence-corrected chi connectivity index (χ2v) is 13.4. The maximum absolute atomic E-state index is 12.7. The average molecular weight is 579 g/mol. The number of nitrogens with one attached hydrogen (secondary N) is 1. The van der Waals surface area contributed by atoms with Crippen LogP contribution in [0.1, 0.15) is 84.6 Å². The number of aromatic hydroxyl groups is 1. The number of ketones is 1. The van der Waals surface area contributed by atoms with Crippen LogP contribution in [0.15, 0.2) is 41.1 Å². The van der Waals surface area contributed by atoms with Crippen LogP contribution in [0.2, 0.25) is 0 Å². The molecule has 1 amide bonds. The molecule has 7 atom stereocenters. The van der Waals surface area contributed by atoms with E-state index >= 15 is 0 Å². The molecule has 0 saturated heterocycles. The lowest BCUT2D eigenvalue weighted by atomic mass is 9.46. The molecule has 0 aromatic heterocycles. The molecule has 8 nitrogen and oxygen atoms in total. The van der Waals surface area contributed by atoms with Gasteiger partial charge in [0, 0.05) is 12.3 Å². The van der Waals surface area contributed by atoms with E-state index in [2.05, 4.69) is 30.4 Å². The van der Waals surface area contributed by atoms with E-state index < -0.39 is 17.9 Å². The van der Waals surface area contributed by atoms with Crippen LogP contribution in [0.4, 0.5) is 0 Å². The molecular formula is C34H46N2O6. The predicted molar refractivity (Wildman–Crippen MR) is 160 cm³/mol. The third kappa shape index (κ3) is 5.86. The average Bonchev–Trinajstić information content (AvgIpc) is 3.31. The quantitative estimate of drug-likeness (QED) is 0.295. The third-order valence-corrected chi connectivity index (χ3v) is 11.1. The Morgan fingerprint density at radius 1 is 1.05 bits per heavy atom. The Balaban J connectivity index is 1.19. The zero-order chi connectivity index (χ0) is 30.1. The van der Waals surface area contributed by atoms with Gasteiger partial charge in [-0.05, 0) is 118 Å². The summed E-state index contributed by atoms with van der Waals surface area (Å²) < 4.78 is 5.15. The first-order valence-corrected chi connectivity index (χ1v) is 15.7. The van der Waals surface area contributed by atoms with Gasteiger partial charge >= 0.3 is 5.97 Å². The van der Waals surface area contributed by atoms with Crippen molar-refractivity contribution in [2.45, 2.75) is 91.5 Å².